The summed E-state index contributed by atoms with van der Waals surface area (Å²) in [4.78, 5) is 28.2. The summed E-state index contributed by atoms with van der Waals surface area (Å²) in [6, 6.07) is 3.57. The van der Waals surface area contributed by atoms with Crippen LogP contribution in [0.3, 0.4) is 0 Å². The van der Waals surface area contributed by atoms with Crippen molar-refractivity contribution in [1.29, 1.82) is 0 Å². The summed E-state index contributed by atoms with van der Waals surface area (Å²) in [5, 5.41) is 8.91. The number of carbonyl (C=O) groups is 2. The van der Waals surface area contributed by atoms with Crippen molar-refractivity contribution in [2.24, 2.45) is 5.92 Å². The van der Waals surface area contributed by atoms with Crippen molar-refractivity contribution in [3.63, 3.8) is 0 Å². The molecule has 0 saturated carbocycles. The summed E-state index contributed by atoms with van der Waals surface area (Å²) in [6.07, 6.45) is 3.47. The maximum atomic E-state index is 11.7. The van der Waals surface area contributed by atoms with Gasteiger partial charge in [0.1, 0.15) is 0 Å². The number of likely N-dealkylation sites (tertiary alicyclic amines) is 1. The largest absolute Gasteiger partial charge is 0.481 e. The van der Waals surface area contributed by atoms with Gasteiger partial charge in [-0.25, -0.2) is 0 Å². The first kappa shape index (κ1) is 11.6. The van der Waals surface area contributed by atoms with Gasteiger partial charge in [-0.2, -0.15) is 0 Å². The molecule has 1 aliphatic rings. The van der Waals surface area contributed by atoms with Gasteiger partial charge in [-0.15, -0.1) is 0 Å². The van der Waals surface area contributed by atoms with Gasteiger partial charge in [0.2, 0.25) is 5.91 Å². The van der Waals surface area contributed by atoms with Gasteiger partial charge < -0.3 is 10.0 Å². The van der Waals surface area contributed by atoms with Crippen LogP contribution in [-0.4, -0.2) is 33.4 Å². The molecule has 2 heterocycles. The smallest absolute Gasteiger partial charge is 0.308 e. The van der Waals surface area contributed by atoms with Crippen molar-refractivity contribution in [2.45, 2.75) is 19.4 Å². The number of pyridine rings is 1. The highest BCUT2D eigenvalue weighted by Crippen LogP contribution is 2.27. The molecule has 1 aliphatic heterocycles. The minimum atomic E-state index is -0.903. The van der Waals surface area contributed by atoms with E-state index in [1.54, 1.807) is 23.4 Å². The Balaban J connectivity index is 2.14. The zero-order valence-electron chi connectivity index (χ0n) is 9.54. The van der Waals surface area contributed by atoms with Gasteiger partial charge in [0.25, 0.3) is 0 Å². The number of hydrogen-bond donors (Lipinski definition) is 1. The predicted octanol–water partition coefficient (Wildman–Crippen LogP) is 1.08. The first-order chi connectivity index (χ1) is 8.09. The molecule has 0 radical (unpaired) electrons. The van der Waals surface area contributed by atoms with Crippen LogP contribution in [0.25, 0.3) is 0 Å². The predicted molar refractivity (Wildman–Crippen MR) is 60.1 cm³/mol. The van der Waals surface area contributed by atoms with Gasteiger partial charge in [0.15, 0.2) is 0 Å². The summed E-state index contributed by atoms with van der Waals surface area (Å²) in [7, 11) is 0. The quantitative estimate of drug-likeness (QED) is 0.849. The second kappa shape index (κ2) is 4.53. The summed E-state index contributed by atoms with van der Waals surface area (Å²) in [5.41, 5.74) is 0.923. The normalized spacial score (nSPS) is 21.6. The Morgan fingerprint density at radius 1 is 1.65 bits per heavy atom. The van der Waals surface area contributed by atoms with E-state index in [4.69, 9.17) is 5.11 Å². The van der Waals surface area contributed by atoms with E-state index >= 15 is 0 Å². The summed E-state index contributed by atoms with van der Waals surface area (Å²) >= 11 is 0. The van der Waals surface area contributed by atoms with E-state index in [1.165, 1.54) is 0 Å². The molecule has 1 amide bonds. The highest BCUT2D eigenvalue weighted by molar-refractivity contribution is 5.86. The molecule has 2 atom stereocenters. The molecule has 0 aromatic carbocycles. The number of amides is 1. The minimum absolute atomic E-state index is 0.0972. The van der Waals surface area contributed by atoms with Crippen LogP contribution in [0.4, 0.5) is 0 Å². The van der Waals surface area contributed by atoms with E-state index in [9.17, 15) is 9.59 Å². The van der Waals surface area contributed by atoms with Gasteiger partial charge in [-0.1, -0.05) is 6.07 Å². The van der Waals surface area contributed by atoms with Crippen LogP contribution in [0.5, 0.6) is 0 Å². The fourth-order valence-corrected chi connectivity index (χ4v) is 2.07. The average molecular weight is 234 g/mol. The number of rotatable bonds is 3. The molecule has 1 fully saturated rings. The molecular formula is C12H14N2O3. The lowest BCUT2D eigenvalue weighted by atomic mass is 10.1. The van der Waals surface area contributed by atoms with E-state index in [2.05, 4.69) is 4.98 Å². The van der Waals surface area contributed by atoms with Crippen LogP contribution in [0.1, 0.15) is 24.9 Å². The van der Waals surface area contributed by atoms with Crippen LogP contribution in [0, 0.1) is 5.92 Å². The van der Waals surface area contributed by atoms with Gasteiger partial charge in [0, 0.05) is 25.4 Å². The van der Waals surface area contributed by atoms with Gasteiger partial charge in [-0.3, -0.25) is 14.6 Å². The first-order valence-corrected chi connectivity index (χ1v) is 5.52. The first-order valence-electron chi connectivity index (χ1n) is 5.52. The van der Waals surface area contributed by atoms with Crippen LogP contribution < -0.4 is 0 Å². The molecule has 0 bridgehead atoms. The van der Waals surface area contributed by atoms with Crippen molar-refractivity contribution in [3.05, 3.63) is 30.1 Å². The maximum absolute atomic E-state index is 11.7. The van der Waals surface area contributed by atoms with Crippen LogP contribution in [0.2, 0.25) is 0 Å². The third kappa shape index (κ3) is 2.27. The molecule has 5 nitrogen and oxygen atoms in total. The van der Waals surface area contributed by atoms with Crippen molar-refractivity contribution in [1.82, 2.24) is 9.88 Å². The zero-order valence-corrected chi connectivity index (χ0v) is 9.54. The van der Waals surface area contributed by atoms with Crippen LogP contribution >= 0.6 is 0 Å². The summed E-state index contributed by atoms with van der Waals surface area (Å²) in [5.74, 6) is -1.59. The van der Waals surface area contributed by atoms with Gasteiger partial charge in [-0.05, 0) is 18.6 Å². The monoisotopic (exact) mass is 234 g/mol. The highest BCUT2D eigenvalue weighted by Gasteiger charge is 2.36. The van der Waals surface area contributed by atoms with E-state index in [0.29, 0.717) is 0 Å². The lowest BCUT2D eigenvalue weighted by Crippen LogP contribution is -2.29. The van der Waals surface area contributed by atoms with Crippen molar-refractivity contribution < 1.29 is 14.7 Å². The number of nitrogens with zero attached hydrogens (tertiary/aromatic N) is 2. The Morgan fingerprint density at radius 2 is 2.41 bits per heavy atom. The van der Waals surface area contributed by atoms with E-state index in [-0.39, 0.29) is 24.9 Å². The molecule has 0 aliphatic carbocycles. The number of carbonyl (C=O) groups excluding carboxylic acids is 1. The molecule has 17 heavy (non-hydrogen) atoms. The van der Waals surface area contributed by atoms with E-state index in [1.807, 2.05) is 13.0 Å². The average Bonchev–Trinajstić information content (AvgIpc) is 2.72. The molecule has 0 spiro atoms. The molecule has 5 heteroatoms. The maximum Gasteiger partial charge on any atom is 0.308 e. The number of carboxylic acids is 1. The molecule has 2 rings (SSSR count). The van der Waals surface area contributed by atoms with E-state index in [0.717, 1.165) is 5.56 Å². The lowest BCUT2D eigenvalue weighted by molar-refractivity contribution is -0.141. The molecular weight excluding hydrogens is 220 g/mol. The zero-order chi connectivity index (χ0) is 12.4. The fraction of sp³-hybridized carbons (Fsp3) is 0.417. The molecule has 1 aromatic heterocycles. The number of aliphatic carboxylic acids is 1. The van der Waals surface area contributed by atoms with Crippen molar-refractivity contribution in [2.75, 3.05) is 6.54 Å². The second-order valence-electron chi connectivity index (χ2n) is 4.25. The topological polar surface area (TPSA) is 70.5 Å². The Labute approximate surface area is 99.1 Å². The standard InChI is InChI=1S/C12H14N2O3/c1-8(9-3-2-4-13-6-9)14-7-10(12(16)17)5-11(14)15/h2-4,6,8,10H,5,7H2,1H3,(H,16,17)/t8-,10+/m0/s1. The Morgan fingerprint density at radius 3 is 2.94 bits per heavy atom. The van der Waals surface area contributed by atoms with Gasteiger partial charge >= 0.3 is 5.97 Å². The number of aromatic nitrogens is 1. The Hall–Kier alpha value is -1.91. The molecule has 1 saturated heterocycles. The minimum Gasteiger partial charge on any atom is -0.481 e. The lowest BCUT2D eigenvalue weighted by Gasteiger charge is -2.24. The van der Waals surface area contributed by atoms with Gasteiger partial charge in [0.05, 0.1) is 12.0 Å². The number of hydrogen-bond acceptors (Lipinski definition) is 3. The SMILES string of the molecule is C[C@@H](c1cccnc1)N1C[C@H](C(=O)O)CC1=O. The third-order valence-electron chi connectivity index (χ3n) is 3.14. The Kier molecular flexibility index (Phi) is 3.08. The van der Waals surface area contributed by atoms with E-state index < -0.39 is 11.9 Å². The van der Waals surface area contributed by atoms with Crippen molar-refractivity contribution in [3.8, 4) is 0 Å². The third-order valence-corrected chi connectivity index (χ3v) is 3.14. The summed E-state index contributed by atoms with van der Waals surface area (Å²) in [6.45, 7) is 2.17. The molecule has 90 valence electrons. The summed E-state index contributed by atoms with van der Waals surface area (Å²) < 4.78 is 0. The fourth-order valence-electron chi connectivity index (χ4n) is 2.07. The highest BCUT2D eigenvalue weighted by atomic mass is 16.4. The van der Waals surface area contributed by atoms with Crippen molar-refractivity contribution >= 4 is 11.9 Å². The van der Waals surface area contributed by atoms with Crippen LogP contribution in [0.15, 0.2) is 24.5 Å². The van der Waals surface area contributed by atoms with Crippen LogP contribution in [-0.2, 0) is 9.59 Å². The Bertz CT molecular complexity index is 433. The molecule has 1 aromatic rings. The number of carboxylic acid groups (broad SMARTS) is 1. The molecule has 0 unspecified atom stereocenters. The molecule has 1 N–H and O–H groups in total. The second-order valence-corrected chi connectivity index (χ2v) is 4.25.